The van der Waals surface area contributed by atoms with Crippen LogP contribution < -0.4 is 0 Å². The van der Waals surface area contributed by atoms with Crippen LogP contribution in [0.25, 0.3) is 0 Å². The van der Waals surface area contributed by atoms with Crippen molar-refractivity contribution >= 4 is 10.1 Å². The molecular weight excluding hydrogens is 257 g/mol. The highest BCUT2D eigenvalue weighted by Crippen LogP contribution is 2.18. The fourth-order valence-corrected chi connectivity index (χ4v) is 2.27. The Bertz CT molecular complexity index is 473. The molecule has 0 saturated heterocycles. The molecule has 0 spiro atoms. The van der Waals surface area contributed by atoms with Crippen LogP contribution in [-0.4, -0.2) is 27.6 Å². The van der Waals surface area contributed by atoms with Crippen molar-refractivity contribution in [3.05, 3.63) is 29.8 Å². The molecule has 1 rings (SSSR count). The second-order valence-electron chi connectivity index (χ2n) is 3.35. The van der Waals surface area contributed by atoms with Gasteiger partial charge >= 0.3 is 0 Å². The Hall–Kier alpha value is -1.08. The molecule has 0 fully saturated rings. The van der Waals surface area contributed by atoms with Gasteiger partial charge in [0.15, 0.2) is 6.17 Å². The molecular formula is C10H11F3O3S. The van der Waals surface area contributed by atoms with Crippen LogP contribution in [0.1, 0.15) is 5.56 Å². The Morgan fingerprint density at radius 1 is 1.24 bits per heavy atom. The fourth-order valence-electron chi connectivity index (χ4n) is 1.13. The third-order valence-corrected chi connectivity index (χ3v) is 3.46. The standard InChI is InChI=1S/C10H11F3O3S/c1-7-4-2-3-5-9(7)17(14,15)16-6-8(11)10(12)13/h2-5,8,10H,6H2,1H3. The lowest BCUT2D eigenvalue weighted by molar-refractivity contribution is 0.0246. The summed E-state index contributed by atoms with van der Waals surface area (Å²) >= 11 is 0. The molecule has 0 N–H and O–H groups in total. The molecule has 0 aliphatic heterocycles. The number of halogens is 3. The van der Waals surface area contributed by atoms with E-state index >= 15 is 0 Å². The Balaban J connectivity index is 2.80. The molecule has 0 aliphatic carbocycles. The maximum absolute atomic E-state index is 12.5. The van der Waals surface area contributed by atoms with Gasteiger partial charge < -0.3 is 0 Å². The van der Waals surface area contributed by atoms with Gasteiger partial charge in [0.25, 0.3) is 16.5 Å². The van der Waals surface area contributed by atoms with Crippen LogP contribution in [0.3, 0.4) is 0 Å². The van der Waals surface area contributed by atoms with Crippen LogP contribution >= 0.6 is 0 Å². The van der Waals surface area contributed by atoms with Gasteiger partial charge in [-0.1, -0.05) is 18.2 Å². The minimum Gasteiger partial charge on any atom is -0.263 e. The van der Waals surface area contributed by atoms with E-state index in [4.69, 9.17) is 0 Å². The number of aryl methyl sites for hydroxylation is 1. The number of benzene rings is 1. The highest BCUT2D eigenvalue weighted by molar-refractivity contribution is 7.86. The molecule has 17 heavy (non-hydrogen) atoms. The van der Waals surface area contributed by atoms with Gasteiger partial charge in [0.2, 0.25) is 0 Å². The van der Waals surface area contributed by atoms with Crippen molar-refractivity contribution in [2.75, 3.05) is 6.61 Å². The first-order valence-electron chi connectivity index (χ1n) is 4.72. The van der Waals surface area contributed by atoms with E-state index in [1.54, 1.807) is 6.07 Å². The largest absolute Gasteiger partial charge is 0.297 e. The second kappa shape index (κ2) is 5.50. The molecule has 0 bridgehead atoms. The Morgan fingerprint density at radius 3 is 2.35 bits per heavy atom. The molecule has 1 aromatic carbocycles. The number of hydrogen-bond acceptors (Lipinski definition) is 3. The molecule has 7 heteroatoms. The molecule has 3 nitrogen and oxygen atoms in total. The van der Waals surface area contributed by atoms with Crippen molar-refractivity contribution in [2.45, 2.75) is 24.4 Å². The van der Waals surface area contributed by atoms with Crippen LogP contribution in [0.5, 0.6) is 0 Å². The maximum atomic E-state index is 12.5. The van der Waals surface area contributed by atoms with Crippen molar-refractivity contribution in [1.29, 1.82) is 0 Å². The van der Waals surface area contributed by atoms with Gasteiger partial charge in [-0.25, -0.2) is 13.2 Å². The minimum atomic E-state index is -4.19. The van der Waals surface area contributed by atoms with Crippen LogP contribution in [-0.2, 0) is 14.3 Å². The van der Waals surface area contributed by atoms with Crippen molar-refractivity contribution in [3.63, 3.8) is 0 Å². The zero-order chi connectivity index (χ0) is 13.1. The molecule has 1 aromatic rings. The fraction of sp³-hybridized carbons (Fsp3) is 0.400. The summed E-state index contributed by atoms with van der Waals surface area (Å²) in [4.78, 5) is -0.151. The topological polar surface area (TPSA) is 43.4 Å². The number of rotatable bonds is 5. The molecule has 0 aromatic heterocycles. The summed E-state index contributed by atoms with van der Waals surface area (Å²) in [6, 6.07) is 5.87. The van der Waals surface area contributed by atoms with Crippen molar-refractivity contribution < 1.29 is 25.8 Å². The van der Waals surface area contributed by atoms with Gasteiger partial charge in [0.05, 0.1) is 4.90 Å². The van der Waals surface area contributed by atoms with Crippen LogP contribution in [0, 0.1) is 6.92 Å². The highest BCUT2D eigenvalue weighted by atomic mass is 32.2. The molecule has 1 unspecified atom stereocenters. The van der Waals surface area contributed by atoms with Crippen LogP contribution in [0.2, 0.25) is 0 Å². The van der Waals surface area contributed by atoms with E-state index in [9.17, 15) is 21.6 Å². The quantitative estimate of drug-likeness (QED) is 0.770. The van der Waals surface area contributed by atoms with Crippen molar-refractivity contribution in [2.24, 2.45) is 0 Å². The first-order valence-corrected chi connectivity index (χ1v) is 6.12. The SMILES string of the molecule is Cc1ccccc1S(=O)(=O)OCC(F)C(F)F. The number of hydrogen-bond donors (Lipinski definition) is 0. The molecule has 0 heterocycles. The van der Waals surface area contributed by atoms with Crippen LogP contribution in [0.15, 0.2) is 29.2 Å². The average molecular weight is 268 g/mol. The van der Waals surface area contributed by atoms with Gasteiger partial charge in [-0.15, -0.1) is 0 Å². The summed E-state index contributed by atoms with van der Waals surface area (Å²) in [7, 11) is -4.19. The summed E-state index contributed by atoms with van der Waals surface area (Å²) in [5, 5.41) is 0. The lowest BCUT2D eigenvalue weighted by Gasteiger charge is -2.10. The molecule has 0 radical (unpaired) electrons. The Labute approximate surface area is 97.3 Å². The van der Waals surface area contributed by atoms with E-state index in [0.29, 0.717) is 5.56 Å². The summed E-state index contributed by atoms with van der Waals surface area (Å²) in [6.07, 6.45) is -5.88. The minimum absolute atomic E-state index is 0.151. The average Bonchev–Trinajstić information content (AvgIpc) is 2.26. The summed E-state index contributed by atoms with van der Waals surface area (Å²) in [5.74, 6) is 0. The third-order valence-electron chi connectivity index (χ3n) is 2.02. The molecule has 0 saturated carbocycles. The van der Waals surface area contributed by atoms with Crippen LogP contribution in [0.4, 0.5) is 13.2 Å². The summed E-state index contributed by atoms with van der Waals surface area (Å²) in [6.45, 7) is 0.338. The second-order valence-corrected chi connectivity index (χ2v) is 4.94. The first-order chi connectivity index (χ1) is 7.84. The van der Waals surface area contributed by atoms with E-state index in [-0.39, 0.29) is 4.90 Å². The summed E-state index contributed by atoms with van der Waals surface area (Å²) in [5.41, 5.74) is 0.403. The lowest BCUT2D eigenvalue weighted by atomic mass is 10.2. The van der Waals surface area contributed by atoms with E-state index in [1.165, 1.54) is 25.1 Å². The van der Waals surface area contributed by atoms with Crippen molar-refractivity contribution in [3.8, 4) is 0 Å². The van der Waals surface area contributed by atoms with Gasteiger partial charge in [-0.05, 0) is 18.6 Å². The zero-order valence-corrected chi connectivity index (χ0v) is 9.75. The van der Waals surface area contributed by atoms with Gasteiger partial charge in [-0.2, -0.15) is 8.42 Å². The number of alkyl halides is 3. The molecule has 0 aliphatic rings. The lowest BCUT2D eigenvalue weighted by Crippen LogP contribution is -2.22. The van der Waals surface area contributed by atoms with E-state index in [2.05, 4.69) is 4.18 Å². The zero-order valence-electron chi connectivity index (χ0n) is 8.94. The summed E-state index contributed by atoms with van der Waals surface area (Å²) < 4.78 is 63.5. The Morgan fingerprint density at radius 2 is 1.82 bits per heavy atom. The van der Waals surface area contributed by atoms with E-state index in [1.807, 2.05) is 0 Å². The Kier molecular flexibility index (Phi) is 4.53. The third kappa shape index (κ3) is 3.71. The molecule has 96 valence electrons. The van der Waals surface area contributed by atoms with Crippen molar-refractivity contribution in [1.82, 2.24) is 0 Å². The van der Waals surface area contributed by atoms with E-state index in [0.717, 1.165) is 0 Å². The molecule has 1 atom stereocenters. The highest BCUT2D eigenvalue weighted by Gasteiger charge is 2.24. The van der Waals surface area contributed by atoms with E-state index < -0.39 is 29.3 Å². The predicted molar refractivity (Wildman–Crippen MR) is 55.2 cm³/mol. The first kappa shape index (κ1) is 14.0. The van der Waals surface area contributed by atoms with Gasteiger partial charge in [-0.3, -0.25) is 4.18 Å². The predicted octanol–water partition coefficient (Wildman–Crippen LogP) is 2.30. The van der Waals surface area contributed by atoms with Gasteiger partial charge in [0, 0.05) is 0 Å². The smallest absolute Gasteiger partial charge is 0.263 e. The normalized spacial score (nSPS) is 13.9. The maximum Gasteiger partial charge on any atom is 0.297 e. The monoisotopic (exact) mass is 268 g/mol. The molecule has 0 amide bonds. The van der Waals surface area contributed by atoms with Gasteiger partial charge in [0.1, 0.15) is 6.61 Å².